The van der Waals surface area contributed by atoms with Crippen LogP contribution in [0.4, 0.5) is 10.6 Å². The van der Waals surface area contributed by atoms with Crippen LogP contribution in [0.25, 0.3) is 11.1 Å². The van der Waals surface area contributed by atoms with Gasteiger partial charge >= 0.3 is 6.09 Å². The zero-order chi connectivity index (χ0) is 26.5. The fourth-order valence-corrected chi connectivity index (χ4v) is 4.70. The number of rotatable bonds is 4. The second-order valence-electron chi connectivity index (χ2n) is 10.6. The molecular formula is C28H37N5O3. The Hall–Kier alpha value is -3.60. The normalized spacial score (nSPS) is 20.1. The molecule has 3 atom stereocenters. The predicted molar refractivity (Wildman–Crippen MR) is 140 cm³/mol. The van der Waals surface area contributed by atoms with Crippen molar-refractivity contribution in [2.45, 2.75) is 64.6 Å². The first-order chi connectivity index (χ1) is 17.0. The van der Waals surface area contributed by atoms with E-state index in [-0.39, 0.29) is 24.4 Å². The summed E-state index contributed by atoms with van der Waals surface area (Å²) in [6, 6.07) is 14.1. The first-order valence-corrected chi connectivity index (χ1v) is 12.4. The fraction of sp³-hybridized carbons (Fsp3) is 0.500. The number of carbonyl (C=O) groups excluding carboxylic acids is 2. The van der Waals surface area contributed by atoms with E-state index in [9.17, 15) is 9.59 Å². The quantitative estimate of drug-likeness (QED) is 0.631. The molecule has 1 saturated heterocycles. The van der Waals surface area contributed by atoms with Crippen LogP contribution in [-0.4, -0.2) is 60.2 Å². The van der Waals surface area contributed by atoms with Crippen LogP contribution in [0.3, 0.4) is 0 Å². The highest BCUT2D eigenvalue weighted by Crippen LogP contribution is 2.43. The van der Waals surface area contributed by atoms with E-state index >= 15 is 0 Å². The maximum atomic E-state index is 12.3. The van der Waals surface area contributed by atoms with Crippen molar-refractivity contribution in [3.05, 3.63) is 48.2 Å². The average molecular weight is 492 g/mol. The van der Waals surface area contributed by atoms with Gasteiger partial charge in [-0.1, -0.05) is 29.8 Å². The van der Waals surface area contributed by atoms with Gasteiger partial charge in [-0.2, -0.15) is 5.26 Å². The summed E-state index contributed by atoms with van der Waals surface area (Å²) >= 11 is 0. The van der Waals surface area contributed by atoms with Gasteiger partial charge in [0.2, 0.25) is 5.91 Å². The second-order valence-corrected chi connectivity index (χ2v) is 10.6. The molecule has 0 radical (unpaired) electrons. The number of aryl methyl sites for hydroxylation is 1. The van der Waals surface area contributed by atoms with Crippen molar-refractivity contribution in [1.29, 1.82) is 5.26 Å². The highest BCUT2D eigenvalue weighted by Gasteiger charge is 2.52. The van der Waals surface area contributed by atoms with Crippen molar-refractivity contribution >= 4 is 17.8 Å². The van der Waals surface area contributed by atoms with Gasteiger partial charge < -0.3 is 15.0 Å². The van der Waals surface area contributed by atoms with E-state index in [0.717, 1.165) is 30.6 Å². The minimum atomic E-state index is -0.577. The number of hydrogen-bond donors (Lipinski definition) is 1. The lowest BCUT2D eigenvalue weighted by atomic mass is 9.98. The Balaban J connectivity index is 0.000000205. The number of benzene rings is 1. The number of pyridine rings is 1. The smallest absolute Gasteiger partial charge is 0.411 e. The number of piperidine rings is 1. The maximum Gasteiger partial charge on any atom is 0.411 e. The summed E-state index contributed by atoms with van der Waals surface area (Å²) in [7, 11) is 3.99. The number of anilines is 1. The third-order valence-electron chi connectivity index (χ3n) is 6.39. The molecule has 2 aliphatic rings. The number of aromatic nitrogens is 1. The van der Waals surface area contributed by atoms with Crippen LogP contribution in [0.15, 0.2) is 42.6 Å². The van der Waals surface area contributed by atoms with Crippen LogP contribution in [0.2, 0.25) is 0 Å². The first-order valence-electron chi connectivity index (χ1n) is 12.4. The van der Waals surface area contributed by atoms with Gasteiger partial charge in [-0.3, -0.25) is 9.69 Å². The van der Waals surface area contributed by atoms with Crippen LogP contribution in [0.1, 0.15) is 45.6 Å². The zero-order valence-corrected chi connectivity index (χ0v) is 22.1. The van der Waals surface area contributed by atoms with Crippen molar-refractivity contribution in [1.82, 2.24) is 15.2 Å². The number of hydrogen-bond acceptors (Lipinski definition) is 6. The first kappa shape index (κ1) is 27.0. The van der Waals surface area contributed by atoms with Gasteiger partial charge in [0, 0.05) is 31.9 Å². The van der Waals surface area contributed by atoms with Gasteiger partial charge in [0.1, 0.15) is 24.0 Å². The van der Waals surface area contributed by atoms with Crippen molar-refractivity contribution in [2.24, 2.45) is 5.92 Å². The average Bonchev–Trinajstić information content (AvgIpc) is 3.44. The van der Waals surface area contributed by atoms with Gasteiger partial charge in [0.25, 0.3) is 0 Å². The van der Waals surface area contributed by atoms with E-state index in [0.29, 0.717) is 0 Å². The molecule has 1 aromatic carbocycles. The lowest BCUT2D eigenvalue weighted by Gasteiger charge is -2.35. The molecule has 2 bridgehead atoms. The molecule has 1 N–H and O–H groups in total. The lowest BCUT2D eigenvalue weighted by molar-refractivity contribution is -0.127. The SMILES string of the molecule is CC(C)(C)OC(=O)N1C2CCC(C2)C1C(=O)NCC#N.Cc1ccc(-c2ccc(N(C)C)nc2)cc1. The number of nitrogens with zero attached hydrogens (tertiary/aromatic N) is 4. The molecule has 192 valence electrons. The van der Waals surface area contributed by atoms with Crippen molar-refractivity contribution in [2.75, 3.05) is 25.5 Å². The molecule has 1 aliphatic heterocycles. The predicted octanol–water partition coefficient (Wildman–Crippen LogP) is 4.54. The molecule has 1 saturated carbocycles. The molecule has 3 unspecified atom stereocenters. The third kappa shape index (κ3) is 6.75. The minimum absolute atomic E-state index is 0.0329. The fourth-order valence-electron chi connectivity index (χ4n) is 4.70. The molecular weight excluding hydrogens is 454 g/mol. The Morgan fingerprint density at radius 2 is 1.81 bits per heavy atom. The van der Waals surface area contributed by atoms with E-state index in [1.807, 2.05) is 58.1 Å². The van der Waals surface area contributed by atoms with Crippen LogP contribution in [-0.2, 0) is 9.53 Å². The highest BCUT2D eigenvalue weighted by molar-refractivity contribution is 5.87. The molecule has 2 heterocycles. The summed E-state index contributed by atoms with van der Waals surface area (Å²) in [5, 5.41) is 11.1. The summed E-state index contributed by atoms with van der Waals surface area (Å²) in [6.45, 7) is 7.49. The summed E-state index contributed by atoms with van der Waals surface area (Å²) in [4.78, 5) is 32.4. The molecule has 8 heteroatoms. The van der Waals surface area contributed by atoms with Crippen LogP contribution >= 0.6 is 0 Å². The Kier molecular flexibility index (Phi) is 8.57. The molecule has 1 aliphatic carbocycles. The monoisotopic (exact) mass is 491 g/mol. The molecule has 4 rings (SSSR count). The number of nitriles is 1. The van der Waals surface area contributed by atoms with Crippen molar-refractivity contribution in [3.63, 3.8) is 0 Å². The van der Waals surface area contributed by atoms with Crippen LogP contribution < -0.4 is 10.2 Å². The van der Waals surface area contributed by atoms with Gasteiger partial charge in [-0.05, 0) is 70.6 Å². The minimum Gasteiger partial charge on any atom is -0.444 e. The van der Waals surface area contributed by atoms with E-state index in [4.69, 9.17) is 10.00 Å². The summed E-state index contributed by atoms with van der Waals surface area (Å²) in [5.41, 5.74) is 3.07. The number of fused-ring (bicyclic) bond motifs is 2. The Bertz CT molecular complexity index is 1080. The molecule has 2 amide bonds. The molecule has 36 heavy (non-hydrogen) atoms. The Morgan fingerprint density at radius 1 is 1.14 bits per heavy atom. The molecule has 2 aromatic rings. The van der Waals surface area contributed by atoms with Gasteiger partial charge in [0.05, 0.1) is 6.07 Å². The number of nitrogens with one attached hydrogen (secondary N) is 1. The van der Waals surface area contributed by atoms with Gasteiger partial charge in [0.15, 0.2) is 0 Å². The standard InChI is InChI=1S/C14H21N3O3.C14H16N2/c1-14(2,3)20-13(19)17-10-5-4-9(8-10)11(17)12(18)16-7-6-15;1-11-4-6-12(7-5-11)13-8-9-14(15-10-13)16(2)3/h9-11H,4-5,7-8H2,1-3H3,(H,16,18);4-10H,1-3H3. The van der Waals surface area contributed by atoms with Crippen molar-refractivity contribution < 1.29 is 14.3 Å². The van der Waals surface area contributed by atoms with Gasteiger partial charge in [-0.25, -0.2) is 9.78 Å². The number of amides is 2. The van der Waals surface area contributed by atoms with E-state index in [1.165, 1.54) is 11.1 Å². The topological polar surface area (TPSA) is 98.6 Å². The van der Waals surface area contributed by atoms with Crippen LogP contribution in [0.5, 0.6) is 0 Å². The zero-order valence-electron chi connectivity index (χ0n) is 22.1. The second kappa shape index (κ2) is 11.4. The van der Waals surface area contributed by atoms with Gasteiger partial charge in [-0.15, -0.1) is 0 Å². The molecule has 2 fully saturated rings. The van der Waals surface area contributed by atoms with E-state index in [1.54, 1.807) is 4.90 Å². The van der Waals surface area contributed by atoms with Crippen molar-refractivity contribution in [3.8, 4) is 17.2 Å². The largest absolute Gasteiger partial charge is 0.444 e. The summed E-state index contributed by atoms with van der Waals surface area (Å²) in [5.74, 6) is 0.923. The summed E-state index contributed by atoms with van der Waals surface area (Å²) < 4.78 is 5.40. The number of carbonyl (C=O) groups is 2. The third-order valence-corrected chi connectivity index (χ3v) is 6.39. The maximum absolute atomic E-state index is 12.3. The van der Waals surface area contributed by atoms with Crippen LogP contribution in [0, 0.1) is 24.2 Å². The summed E-state index contributed by atoms with van der Waals surface area (Å²) in [6.07, 6.45) is 4.21. The molecule has 1 aromatic heterocycles. The number of likely N-dealkylation sites (tertiary alicyclic amines) is 1. The Labute approximate surface area is 214 Å². The highest BCUT2D eigenvalue weighted by atomic mass is 16.6. The molecule has 8 nitrogen and oxygen atoms in total. The Morgan fingerprint density at radius 3 is 2.36 bits per heavy atom. The number of ether oxygens (including phenoxy) is 1. The van der Waals surface area contributed by atoms with E-state index < -0.39 is 17.7 Å². The molecule has 0 spiro atoms. The lowest BCUT2D eigenvalue weighted by Crippen LogP contribution is -2.53. The van der Waals surface area contributed by atoms with E-state index in [2.05, 4.69) is 47.6 Å².